The summed E-state index contributed by atoms with van der Waals surface area (Å²) in [7, 11) is 1.33. The van der Waals surface area contributed by atoms with Gasteiger partial charge in [-0.2, -0.15) is 4.98 Å². The number of hydrogen-bond donors (Lipinski definition) is 2. The Labute approximate surface area is 140 Å². The Bertz CT molecular complexity index is 910. The number of anilines is 2. The Morgan fingerprint density at radius 2 is 2.09 bits per heavy atom. The van der Waals surface area contributed by atoms with Crippen molar-refractivity contribution in [2.24, 2.45) is 0 Å². The maximum absolute atomic E-state index is 11.9. The lowest BCUT2D eigenvalue weighted by atomic mass is 10.2. The number of para-hydroxylation sites is 2. The average Bonchev–Trinajstić information content (AvgIpc) is 2.85. The van der Waals surface area contributed by atoms with Crippen LogP contribution in [0.15, 0.2) is 24.3 Å². The van der Waals surface area contributed by atoms with Crippen molar-refractivity contribution in [3.8, 4) is 5.75 Å². The standard InChI is InChI=1S/C15H12ClN3O3S/c1-7-10-12(17-8-5-3-4-6-9(8)20)18-15(16)19-13(10)23-11(7)14(21)22-2/h3-6,20H,1-2H3,(H,17,18,19). The number of rotatable bonds is 3. The van der Waals surface area contributed by atoms with Crippen molar-refractivity contribution in [2.75, 3.05) is 12.4 Å². The molecule has 3 aromatic rings. The molecule has 2 heterocycles. The van der Waals surface area contributed by atoms with E-state index in [1.165, 1.54) is 18.4 Å². The lowest BCUT2D eigenvalue weighted by Gasteiger charge is -2.09. The van der Waals surface area contributed by atoms with E-state index in [0.29, 0.717) is 32.2 Å². The summed E-state index contributed by atoms with van der Waals surface area (Å²) in [6, 6.07) is 6.76. The normalized spacial score (nSPS) is 10.7. The van der Waals surface area contributed by atoms with Gasteiger partial charge in [-0.25, -0.2) is 9.78 Å². The van der Waals surface area contributed by atoms with E-state index in [4.69, 9.17) is 16.3 Å². The summed E-state index contributed by atoms with van der Waals surface area (Å²) in [5.41, 5.74) is 1.18. The molecule has 0 saturated carbocycles. The van der Waals surface area contributed by atoms with E-state index in [9.17, 15) is 9.90 Å². The van der Waals surface area contributed by atoms with Crippen molar-refractivity contribution in [2.45, 2.75) is 6.92 Å². The number of halogens is 1. The number of ether oxygens (including phenoxy) is 1. The number of benzene rings is 1. The van der Waals surface area contributed by atoms with Gasteiger partial charge in [-0.3, -0.25) is 0 Å². The number of phenolic OH excluding ortho intramolecular Hbond substituents is 1. The Balaban J connectivity index is 2.18. The second-order valence-electron chi connectivity index (χ2n) is 4.71. The van der Waals surface area contributed by atoms with Crippen molar-refractivity contribution in [1.82, 2.24) is 9.97 Å². The minimum atomic E-state index is -0.435. The number of thiophene rings is 1. The molecule has 8 heteroatoms. The zero-order chi connectivity index (χ0) is 16.6. The van der Waals surface area contributed by atoms with Crippen LogP contribution in [-0.4, -0.2) is 28.2 Å². The molecule has 0 spiro atoms. The summed E-state index contributed by atoms with van der Waals surface area (Å²) in [4.78, 5) is 21.2. The number of nitrogens with zero attached hydrogens (tertiary/aromatic N) is 2. The van der Waals surface area contributed by atoms with Gasteiger partial charge in [0, 0.05) is 0 Å². The number of carbonyl (C=O) groups excluding carboxylic acids is 1. The average molecular weight is 350 g/mol. The number of aryl methyl sites for hydroxylation is 1. The molecule has 3 rings (SSSR count). The summed E-state index contributed by atoms with van der Waals surface area (Å²) < 4.78 is 4.78. The van der Waals surface area contributed by atoms with Gasteiger partial charge in [0.1, 0.15) is 21.3 Å². The van der Waals surface area contributed by atoms with E-state index in [0.717, 1.165) is 0 Å². The lowest BCUT2D eigenvalue weighted by Crippen LogP contribution is -2.00. The van der Waals surface area contributed by atoms with Gasteiger partial charge in [-0.05, 0) is 36.2 Å². The molecular weight excluding hydrogens is 338 g/mol. The van der Waals surface area contributed by atoms with Gasteiger partial charge in [0.05, 0.1) is 18.2 Å². The Hall–Kier alpha value is -2.38. The predicted octanol–water partition coefficient (Wildman–Crippen LogP) is 3.89. The van der Waals surface area contributed by atoms with Crippen LogP contribution in [0.1, 0.15) is 15.2 Å². The number of phenols is 1. The van der Waals surface area contributed by atoms with Gasteiger partial charge < -0.3 is 15.2 Å². The predicted molar refractivity (Wildman–Crippen MR) is 89.9 cm³/mol. The first kappa shape index (κ1) is 15.5. The third-order valence-electron chi connectivity index (χ3n) is 3.29. The number of aromatic nitrogens is 2. The SMILES string of the molecule is COC(=O)c1sc2nc(Cl)nc(Nc3ccccc3O)c2c1C. The van der Waals surface area contributed by atoms with E-state index in [1.807, 2.05) is 0 Å². The molecule has 0 fully saturated rings. The number of hydrogen-bond acceptors (Lipinski definition) is 7. The van der Waals surface area contributed by atoms with Crippen LogP contribution in [0, 0.1) is 6.92 Å². The minimum absolute atomic E-state index is 0.0492. The van der Waals surface area contributed by atoms with Crippen molar-refractivity contribution >= 4 is 50.6 Å². The Morgan fingerprint density at radius 3 is 2.78 bits per heavy atom. The fourth-order valence-electron chi connectivity index (χ4n) is 2.20. The third kappa shape index (κ3) is 2.80. The molecule has 0 saturated heterocycles. The molecular formula is C15H12ClN3O3S. The summed E-state index contributed by atoms with van der Waals surface area (Å²) >= 11 is 7.16. The number of methoxy groups -OCH3 is 1. The fraction of sp³-hybridized carbons (Fsp3) is 0.133. The van der Waals surface area contributed by atoms with E-state index in [-0.39, 0.29) is 11.0 Å². The van der Waals surface area contributed by atoms with Gasteiger partial charge in [0.25, 0.3) is 0 Å². The molecule has 0 amide bonds. The molecule has 118 valence electrons. The first-order chi connectivity index (χ1) is 11.0. The molecule has 0 aliphatic rings. The van der Waals surface area contributed by atoms with Gasteiger partial charge in [0.15, 0.2) is 0 Å². The second kappa shape index (κ2) is 6.02. The molecule has 6 nitrogen and oxygen atoms in total. The third-order valence-corrected chi connectivity index (χ3v) is 4.63. The van der Waals surface area contributed by atoms with Crippen LogP contribution < -0.4 is 5.32 Å². The summed E-state index contributed by atoms with van der Waals surface area (Å²) in [5.74, 6) is 0.0667. The Kier molecular flexibility index (Phi) is 4.06. The molecule has 23 heavy (non-hydrogen) atoms. The lowest BCUT2D eigenvalue weighted by molar-refractivity contribution is 0.0605. The number of fused-ring (bicyclic) bond motifs is 1. The van der Waals surface area contributed by atoms with Gasteiger partial charge in [-0.15, -0.1) is 11.3 Å². The first-order valence-electron chi connectivity index (χ1n) is 6.61. The highest BCUT2D eigenvalue weighted by Gasteiger charge is 2.21. The summed E-state index contributed by atoms with van der Waals surface area (Å²) in [6.07, 6.45) is 0. The van der Waals surface area contributed by atoms with E-state index < -0.39 is 5.97 Å². The fourth-order valence-corrected chi connectivity index (χ4v) is 3.52. The number of nitrogens with one attached hydrogen (secondary N) is 1. The van der Waals surface area contributed by atoms with Gasteiger partial charge in [0.2, 0.25) is 5.28 Å². The maximum Gasteiger partial charge on any atom is 0.348 e. The van der Waals surface area contributed by atoms with Crippen LogP contribution in [-0.2, 0) is 4.74 Å². The molecule has 0 unspecified atom stereocenters. The van der Waals surface area contributed by atoms with Crippen molar-refractivity contribution in [1.29, 1.82) is 0 Å². The largest absolute Gasteiger partial charge is 0.506 e. The molecule has 2 aromatic heterocycles. The number of carbonyl (C=O) groups is 1. The zero-order valence-corrected chi connectivity index (χ0v) is 13.8. The van der Waals surface area contributed by atoms with Gasteiger partial charge in [-0.1, -0.05) is 12.1 Å². The number of aromatic hydroxyl groups is 1. The summed E-state index contributed by atoms with van der Waals surface area (Å²) in [6.45, 7) is 1.79. The highest BCUT2D eigenvalue weighted by Crippen LogP contribution is 2.37. The van der Waals surface area contributed by atoms with E-state index in [2.05, 4.69) is 15.3 Å². The maximum atomic E-state index is 11.9. The monoisotopic (exact) mass is 349 g/mol. The van der Waals surface area contributed by atoms with Crippen LogP contribution >= 0.6 is 22.9 Å². The minimum Gasteiger partial charge on any atom is -0.506 e. The molecule has 1 aromatic carbocycles. The van der Waals surface area contributed by atoms with Crippen molar-refractivity contribution < 1.29 is 14.6 Å². The molecule has 2 N–H and O–H groups in total. The van der Waals surface area contributed by atoms with E-state index >= 15 is 0 Å². The van der Waals surface area contributed by atoms with Gasteiger partial charge >= 0.3 is 5.97 Å². The number of esters is 1. The van der Waals surface area contributed by atoms with Crippen LogP contribution in [0.5, 0.6) is 5.75 Å². The first-order valence-corrected chi connectivity index (χ1v) is 7.80. The molecule has 0 aliphatic carbocycles. The van der Waals surface area contributed by atoms with Crippen LogP contribution in [0.3, 0.4) is 0 Å². The highest BCUT2D eigenvalue weighted by molar-refractivity contribution is 7.20. The van der Waals surface area contributed by atoms with Crippen molar-refractivity contribution in [3.05, 3.63) is 40.0 Å². The van der Waals surface area contributed by atoms with Crippen LogP contribution in [0.2, 0.25) is 5.28 Å². The molecule has 0 aliphatic heterocycles. The second-order valence-corrected chi connectivity index (χ2v) is 6.05. The van der Waals surface area contributed by atoms with Crippen LogP contribution in [0.4, 0.5) is 11.5 Å². The topological polar surface area (TPSA) is 84.3 Å². The quantitative estimate of drug-likeness (QED) is 0.424. The summed E-state index contributed by atoms with van der Waals surface area (Å²) in [5, 5.41) is 13.7. The molecule has 0 bridgehead atoms. The van der Waals surface area contributed by atoms with E-state index in [1.54, 1.807) is 31.2 Å². The molecule has 0 radical (unpaired) electrons. The zero-order valence-electron chi connectivity index (χ0n) is 12.3. The smallest absolute Gasteiger partial charge is 0.348 e. The van der Waals surface area contributed by atoms with Crippen molar-refractivity contribution in [3.63, 3.8) is 0 Å². The molecule has 0 atom stereocenters. The van der Waals surface area contributed by atoms with Crippen LogP contribution in [0.25, 0.3) is 10.2 Å². The highest BCUT2D eigenvalue weighted by atomic mass is 35.5. The Morgan fingerprint density at radius 1 is 1.35 bits per heavy atom.